The molecule has 2 saturated carbocycles. The maximum Gasteiger partial charge on any atom is 0.349 e. The van der Waals surface area contributed by atoms with Crippen LogP contribution in [0.5, 0.6) is 0 Å². The Morgan fingerprint density at radius 2 is 1.70 bits per heavy atom. The zero-order valence-corrected chi connectivity index (χ0v) is 22.8. The first kappa shape index (κ1) is 30.7. The molecule has 12 nitrogen and oxygen atoms in total. The van der Waals surface area contributed by atoms with Gasteiger partial charge in [-0.05, 0) is 69.4 Å². The molecule has 3 aliphatic rings. The monoisotopic (exact) mass is 556 g/mol. The Labute approximate surface area is 234 Å². The summed E-state index contributed by atoms with van der Waals surface area (Å²) >= 11 is 0. The van der Waals surface area contributed by atoms with Gasteiger partial charge in [-0.2, -0.15) is 0 Å². The summed E-state index contributed by atoms with van der Waals surface area (Å²) in [7, 11) is 0. The first-order valence-corrected chi connectivity index (χ1v) is 14.0. The van der Waals surface area contributed by atoms with Gasteiger partial charge in [-0.15, -0.1) is 0 Å². The van der Waals surface area contributed by atoms with Crippen molar-refractivity contribution < 1.29 is 29.0 Å². The van der Waals surface area contributed by atoms with Crippen LogP contribution in [0.4, 0.5) is 0 Å². The number of pyridine rings is 1. The number of esters is 1. The largest absolute Gasteiger partial charge is 0.479 e. The van der Waals surface area contributed by atoms with Crippen LogP contribution in [0.1, 0.15) is 93.1 Å². The van der Waals surface area contributed by atoms with Gasteiger partial charge >= 0.3 is 11.9 Å². The number of aliphatic carboxylic acids is 1. The van der Waals surface area contributed by atoms with Crippen molar-refractivity contribution >= 4 is 35.8 Å². The Balaban J connectivity index is 0.000000307. The summed E-state index contributed by atoms with van der Waals surface area (Å²) in [6, 6.07) is 2.95. The number of ether oxygens (including phenoxy) is 1. The number of carboxylic acids is 1. The Bertz CT molecular complexity index is 1060. The van der Waals surface area contributed by atoms with Crippen molar-refractivity contribution in [3.8, 4) is 0 Å². The van der Waals surface area contributed by atoms with Crippen LogP contribution in [-0.2, 0) is 19.1 Å². The summed E-state index contributed by atoms with van der Waals surface area (Å²) in [5, 5.41) is 17.0. The second-order valence-corrected chi connectivity index (χ2v) is 10.6. The minimum absolute atomic E-state index is 0.00504. The van der Waals surface area contributed by atoms with Gasteiger partial charge in [-0.1, -0.05) is 25.7 Å². The number of nitrogens with two attached hydrogens (primary N) is 2. The molecule has 1 atom stereocenters. The number of aromatic nitrogens is 1. The highest BCUT2D eigenvalue weighted by Gasteiger charge is 2.54. The van der Waals surface area contributed by atoms with E-state index in [4.69, 9.17) is 21.6 Å². The molecule has 1 aromatic rings. The van der Waals surface area contributed by atoms with Crippen LogP contribution in [0.3, 0.4) is 0 Å². The maximum absolute atomic E-state index is 12.8. The van der Waals surface area contributed by atoms with Gasteiger partial charge in [0.25, 0.3) is 0 Å². The maximum atomic E-state index is 12.8. The van der Waals surface area contributed by atoms with E-state index in [1.165, 1.54) is 29.7 Å². The van der Waals surface area contributed by atoms with Crippen LogP contribution < -0.4 is 11.5 Å². The van der Waals surface area contributed by atoms with Crippen molar-refractivity contribution in [2.45, 2.75) is 88.7 Å². The minimum Gasteiger partial charge on any atom is -0.479 e. The van der Waals surface area contributed by atoms with E-state index in [-0.39, 0.29) is 30.3 Å². The molecular formula is C28H40N6O6. The second-order valence-electron chi connectivity index (χ2n) is 10.6. The topological polar surface area (TPSA) is 202 Å². The molecule has 40 heavy (non-hydrogen) atoms. The number of aliphatic imine (C=N–C) groups is 1. The minimum atomic E-state index is -1.10. The third-order valence-electron chi connectivity index (χ3n) is 7.96. The van der Waals surface area contributed by atoms with Crippen molar-refractivity contribution in [3.05, 3.63) is 29.6 Å². The molecule has 0 spiro atoms. The zero-order chi connectivity index (χ0) is 29.1. The number of nitrogens with one attached hydrogen (secondary N) is 1. The lowest BCUT2D eigenvalue weighted by Crippen LogP contribution is -2.58. The molecule has 1 aliphatic heterocycles. The molecule has 1 aromatic heterocycles. The molecule has 2 amide bonds. The van der Waals surface area contributed by atoms with E-state index in [9.17, 15) is 24.3 Å². The van der Waals surface area contributed by atoms with Gasteiger partial charge in [0.15, 0.2) is 0 Å². The van der Waals surface area contributed by atoms with Crippen molar-refractivity contribution in [2.24, 2.45) is 22.4 Å². The summed E-state index contributed by atoms with van der Waals surface area (Å²) in [4.78, 5) is 56.7. The van der Waals surface area contributed by atoms with Gasteiger partial charge in [0.05, 0.1) is 5.56 Å². The number of rotatable bonds is 8. The summed E-state index contributed by atoms with van der Waals surface area (Å²) in [5.41, 5.74) is 9.66. The molecule has 0 radical (unpaired) electrons. The average molecular weight is 557 g/mol. The fraction of sp³-hybridized carbons (Fsp3) is 0.607. The van der Waals surface area contributed by atoms with E-state index in [0.717, 1.165) is 64.0 Å². The van der Waals surface area contributed by atoms with E-state index in [1.807, 2.05) is 0 Å². The third kappa shape index (κ3) is 7.86. The van der Waals surface area contributed by atoms with Gasteiger partial charge in [-0.3, -0.25) is 25.0 Å². The number of likely N-dealkylation sites (tertiary alicyclic amines) is 1. The zero-order valence-electron chi connectivity index (χ0n) is 22.8. The van der Waals surface area contributed by atoms with Crippen molar-refractivity contribution in [1.29, 1.82) is 5.41 Å². The van der Waals surface area contributed by atoms with E-state index in [2.05, 4.69) is 9.98 Å². The average Bonchev–Trinajstić information content (AvgIpc) is 3.41. The van der Waals surface area contributed by atoms with Gasteiger partial charge in [0.2, 0.25) is 11.8 Å². The van der Waals surface area contributed by atoms with Crippen molar-refractivity contribution in [3.63, 3.8) is 0 Å². The van der Waals surface area contributed by atoms with Crippen LogP contribution in [0.2, 0.25) is 0 Å². The SMILES string of the molecule is N=C(N)c1ccc(C(N)=O)cn1.O=C(C=NCC(=O)N1CCC[C@]1(C(=O)O)C1CCCCC1)OC1CCCCC1. The number of nitrogens with zero attached hydrogens (tertiary/aromatic N) is 3. The Kier molecular flexibility index (Phi) is 11.2. The Morgan fingerprint density at radius 1 is 1.05 bits per heavy atom. The summed E-state index contributed by atoms with van der Waals surface area (Å²) in [6.45, 7) is 0.241. The first-order chi connectivity index (χ1) is 19.1. The lowest BCUT2D eigenvalue weighted by Gasteiger charge is -2.42. The predicted octanol–water partition coefficient (Wildman–Crippen LogP) is 2.42. The molecule has 0 unspecified atom stereocenters. The summed E-state index contributed by atoms with van der Waals surface area (Å²) in [5.74, 6) is -2.40. The van der Waals surface area contributed by atoms with Gasteiger partial charge in [-0.25, -0.2) is 9.59 Å². The number of amides is 2. The van der Waals surface area contributed by atoms with Crippen molar-refractivity contribution in [1.82, 2.24) is 9.88 Å². The molecule has 2 aliphatic carbocycles. The highest BCUT2D eigenvalue weighted by atomic mass is 16.5. The van der Waals surface area contributed by atoms with E-state index in [1.54, 1.807) is 0 Å². The lowest BCUT2D eigenvalue weighted by molar-refractivity contribution is -0.161. The molecule has 0 aromatic carbocycles. The van der Waals surface area contributed by atoms with Gasteiger partial charge in [0.1, 0.15) is 35.9 Å². The number of primary amides is 1. The van der Waals surface area contributed by atoms with Gasteiger partial charge < -0.3 is 26.2 Å². The lowest BCUT2D eigenvalue weighted by atomic mass is 9.73. The van der Waals surface area contributed by atoms with E-state index in [0.29, 0.717) is 30.6 Å². The molecule has 2 heterocycles. The van der Waals surface area contributed by atoms with E-state index < -0.39 is 23.4 Å². The molecular weight excluding hydrogens is 516 g/mol. The summed E-state index contributed by atoms with van der Waals surface area (Å²) in [6.07, 6.45) is 13.5. The molecule has 218 valence electrons. The molecule has 3 fully saturated rings. The molecule has 4 rings (SSSR count). The fourth-order valence-corrected chi connectivity index (χ4v) is 5.95. The van der Waals surface area contributed by atoms with E-state index >= 15 is 0 Å². The molecule has 6 N–H and O–H groups in total. The van der Waals surface area contributed by atoms with Crippen LogP contribution in [0.25, 0.3) is 0 Å². The smallest absolute Gasteiger partial charge is 0.349 e. The van der Waals surface area contributed by atoms with Crippen LogP contribution in [0.15, 0.2) is 23.3 Å². The number of amidine groups is 1. The standard InChI is InChI=1S/C21H32N2O5.C7H8N4O/c24-18(14-22-15-19(25)28-17-10-5-2-6-11-17)23-13-7-12-21(23,20(26)27)16-8-3-1-4-9-16;8-6(9)5-2-1-4(3-11-5)7(10)12/h15-17H,1-14H2,(H,26,27);1-3H,(H3,8,9)(H2,10,12)/t21-;/m1./s1. The fourth-order valence-electron chi connectivity index (χ4n) is 5.95. The number of hydrogen-bond acceptors (Lipinski definition) is 8. The van der Waals surface area contributed by atoms with Crippen molar-refractivity contribution in [2.75, 3.05) is 13.1 Å². The van der Waals surface area contributed by atoms with Crippen LogP contribution >= 0.6 is 0 Å². The predicted molar refractivity (Wildman–Crippen MR) is 148 cm³/mol. The van der Waals surface area contributed by atoms with Gasteiger partial charge in [0, 0.05) is 12.7 Å². The molecule has 12 heteroatoms. The third-order valence-corrected chi connectivity index (χ3v) is 7.96. The number of nitrogen functional groups attached to an aromatic ring is 1. The highest BCUT2D eigenvalue weighted by molar-refractivity contribution is 6.23. The number of carbonyl (C=O) groups excluding carboxylic acids is 3. The number of hydrogen-bond donors (Lipinski definition) is 4. The molecule has 0 bridgehead atoms. The number of carbonyl (C=O) groups is 4. The second kappa shape index (κ2) is 14.5. The summed E-state index contributed by atoms with van der Waals surface area (Å²) < 4.78 is 5.37. The van der Waals surface area contributed by atoms with Crippen LogP contribution in [0, 0.1) is 11.3 Å². The Hall–Kier alpha value is -3.83. The first-order valence-electron chi connectivity index (χ1n) is 14.0. The quantitative estimate of drug-likeness (QED) is 0.212. The van der Waals surface area contributed by atoms with Crippen LogP contribution in [-0.4, -0.2) is 75.5 Å². The number of carboxylic acid groups (broad SMARTS) is 1. The Morgan fingerprint density at radius 3 is 2.25 bits per heavy atom. The molecule has 1 saturated heterocycles. The normalized spacial score (nSPS) is 21.9. The highest BCUT2D eigenvalue weighted by Crippen LogP contribution is 2.43.